The summed E-state index contributed by atoms with van der Waals surface area (Å²) in [7, 11) is -6.70. The Morgan fingerprint density at radius 2 is 0.935 bits per heavy atom. The molecule has 0 atom stereocenters. The molecule has 330 valence electrons. The van der Waals surface area contributed by atoms with Gasteiger partial charge in [0.1, 0.15) is 0 Å². The monoisotopic (exact) mass is 1240 g/mol. The molecule has 18 heteroatoms. The molecule has 2 saturated heterocycles. The van der Waals surface area contributed by atoms with E-state index in [4.69, 9.17) is 22.4 Å². The summed E-state index contributed by atoms with van der Waals surface area (Å²) in [4.78, 5) is 34.1. The fourth-order valence-electron chi connectivity index (χ4n) is 5.88. The average molecular weight is 1240 g/mol. The van der Waals surface area contributed by atoms with E-state index in [2.05, 4.69) is 73.1 Å². The third kappa shape index (κ3) is 14.7. The van der Waals surface area contributed by atoms with Crippen molar-refractivity contribution in [2.75, 3.05) is 37.2 Å². The Hall–Kier alpha value is -3.19. The summed E-state index contributed by atoms with van der Waals surface area (Å²) in [5.41, 5.74) is 11.5. The molecule has 0 aliphatic carbocycles. The number of hydrogen-bond acceptors (Lipinski definition) is 8. The molecule has 0 saturated carbocycles. The van der Waals surface area contributed by atoms with E-state index in [0.717, 1.165) is 53.1 Å². The number of carbonyl (C=O) groups excluding carboxylic acids is 2. The van der Waals surface area contributed by atoms with Crippen molar-refractivity contribution in [2.45, 2.75) is 56.2 Å². The van der Waals surface area contributed by atoms with E-state index in [0.29, 0.717) is 59.1 Å². The molecule has 7 rings (SSSR count). The first-order valence-corrected chi connectivity index (χ1v) is 25.7. The van der Waals surface area contributed by atoms with Crippen LogP contribution in [-0.2, 0) is 20.0 Å². The number of nitrogens with one attached hydrogen (secondary N) is 1. The van der Waals surface area contributed by atoms with Crippen LogP contribution in [0.4, 0.5) is 11.4 Å². The number of carbonyl (C=O) groups is 3. The fraction of sp³-hybridized carbons (Fsp3) is 0.250. The zero-order valence-electron chi connectivity index (χ0n) is 34.1. The summed E-state index contributed by atoms with van der Waals surface area (Å²) in [6, 6.07) is 28.7. The van der Waals surface area contributed by atoms with Crippen LogP contribution in [0.25, 0.3) is 0 Å². The largest absolute Gasteiger partial charge is 0.478 e. The van der Waals surface area contributed by atoms with Gasteiger partial charge in [0.25, 0.3) is 11.1 Å². The lowest BCUT2D eigenvalue weighted by atomic mass is 10.1. The highest BCUT2D eigenvalue weighted by molar-refractivity contribution is 14.1. The number of carboxylic acids is 1. The zero-order chi connectivity index (χ0) is 45.8. The van der Waals surface area contributed by atoms with Crippen molar-refractivity contribution in [2.24, 2.45) is 0 Å². The van der Waals surface area contributed by atoms with Crippen molar-refractivity contribution in [1.29, 1.82) is 0 Å². The van der Waals surface area contributed by atoms with Gasteiger partial charge in [0, 0.05) is 59.4 Å². The van der Waals surface area contributed by atoms with Crippen LogP contribution in [0, 0.1) is 31.5 Å². The van der Waals surface area contributed by atoms with E-state index in [1.165, 1.54) is 8.61 Å². The number of hydrogen-bond donors (Lipinski definition) is 3. The number of nitrogens with zero attached hydrogens (tertiary/aromatic N) is 2. The van der Waals surface area contributed by atoms with Gasteiger partial charge in [0.2, 0.25) is 20.0 Å². The van der Waals surface area contributed by atoms with E-state index >= 15 is 0 Å². The highest BCUT2D eigenvalue weighted by atomic mass is 127. The van der Waals surface area contributed by atoms with Crippen LogP contribution in [-0.4, -0.2) is 73.9 Å². The van der Waals surface area contributed by atoms with Gasteiger partial charge >= 0.3 is 5.97 Å². The zero-order valence-corrected chi connectivity index (χ0v) is 42.9. The molecule has 12 nitrogen and oxygen atoms in total. The quantitative estimate of drug-likeness (QED) is 0.0773. The van der Waals surface area contributed by atoms with Crippen LogP contribution in [0.3, 0.4) is 0 Å². The van der Waals surface area contributed by atoms with E-state index < -0.39 is 31.3 Å². The minimum absolute atomic E-state index is 0.215. The molecule has 1 amide bonds. The summed E-state index contributed by atoms with van der Waals surface area (Å²) in [6.45, 7) is 8.35. The van der Waals surface area contributed by atoms with Crippen molar-refractivity contribution >= 4 is 128 Å². The molecule has 2 heterocycles. The number of carboxylic acid groups (broad SMARTS) is 1. The van der Waals surface area contributed by atoms with Gasteiger partial charge in [-0.3, -0.25) is 9.59 Å². The van der Waals surface area contributed by atoms with Crippen LogP contribution >= 0.6 is 79.4 Å². The van der Waals surface area contributed by atoms with Gasteiger partial charge in [0.05, 0.1) is 15.4 Å². The Labute approximate surface area is 409 Å². The lowest BCUT2D eigenvalue weighted by molar-refractivity contribution is 0.0696. The number of sulfonamides is 2. The Morgan fingerprint density at radius 1 is 0.581 bits per heavy atom. The molecule has 0 aromatic heterocycles. The molecule has 0 bridgehead atoms. The Bertz CT molecular complexity index is 2540. The van der Waals surface area contributed by atoms with Gasteiger partial charge in [-0.1, -0.05) is 18.2 Å². The van der Waals surface area contributed by atoms with Gasteiger partial charge in [-0.2, -0.15) is 8.61 Å². The Morgan fingerprint density at radius 3 is 1.32 bits per heavy atom. The smallest absolute Gasteiger partial charge is 0.335 e. The fourth-order valence-corrected chi connectivity index (χ4v) is 10.6. The third-order valence-electron chi connectivity index (χ3n) is 9.65. The van der Waals surface area contributed by atoms with E-state index in [1.54, 1.807) is 78.9 Å². The molecule has 5 aromatic rings. The number of amides is 1. The van der Waals surface area contributed by atoms with Gasteiger partial charge in [0.15, 0.2) is 0 Å². The number of nitrogens with two attached hydrogens (primary N) is 1. The van der Waals surface area contributed by atoms with Crippen molar-refractivity contribution < 1.29 is 36.3 Å². The number of halogens is 4. The van der Waals surface area contributed by atoms with Crippen molar-refractivity contribution in [1.82, 2.24) is 8.61 Å². The molecule has 2 fully saturated rings. The molecule has 4 N–H and O–H groups in total. The number of aromatic carboxylic acids is 1. The molecule has 62 heavy (non-hydrogen) atoms. The summed E-state index contributed by atoms with van der Waals surface area (Å²) in [5.74, 6) is -1.09. The van der Waals surface area contributed by atoms with E-state index in [9.17, 15) is 31.2 Å². The van der Waals surface area contributed by atoms with Crippen LogP contribution in [0.5, 0.6) is 0 Å². The second-order valence-electron chi connectivity index (χ2n) is 14.2. The number of nitrogen functional groups attached to an aromatic ring is 1. The maximum Gasteiger partial charge on any atom is 0.335 e. The molecule has 5 aromatic carbocycles. The van der Waals surface area contributed by atoms with E-state index in [1.807, 2.05) is 45.0 Å². The normalized spacial score (nSPS) is 14.0. The minimum atomic E-state index is -3.43. The van der Waals surface area contributed by atoms with Crippen LogP contribution in [0.1, 0.15) is 73.4 Å². The number of benzene rings is 5. The third-order valence-corrected chi connectivity index (χ3v) is 17.2. The first kappa shape index (κ1) is 51.4. The topological polar surface area (TPSA) is 184 Å². The highest BCUT2D eigenvalue weighted by Gasteiger charge is 2.28. The number of rotatable bonds is 8. The lowest BCUT2D eigenvalue weighted by Crippen LogP contribution is -2.27. The van der Waals surface area contributed by atoms with E-state index in [-0.39, 0.29) is 10.8 Å². The SMILES string of the molecule is Cc1ccc(C(=O)Cl)cc1I.Cc1ccc(C(=O)Nc2ccc(S(=O)(=O)N3CCCC3)cc2)cc1I.Cc1ccc(C(=O)O)cc1I.Nc1ccc(S(=O)(=O)N2CCCC2)cc1. The number of aryl methyl sites for hydroxylation is 3. The summed E-state index contributed by atoms with van der Waals surface area (Å²) >= 11 is 11.8. The molecule has 0 unspecified atom stereocenters. The molecule has 0 radical (unpaired) electrons. The van der Waals surface area contributed by atoms with Gasteiger partial charge in [-0.15, -0.1) is 0 Å². The van der Waals surface area contributed by atoms with Crippen molar-refractivity contribution in [3.63, 3.8) is 0 Å². The Kier molecular flexibility index (Phi) is 19.6. The standard InChI is InChI=1S/C18H19IN2O3S.C10H14N2O2S.C8H6ClIO.C8H7IO2/c1-13-4-5-14(12-17(13)19)18(22)20-15-6-8-16(9-7-15)25(23,24)21-10-2-3-11-21;11-9-3-5-10(6-4-9)15(13,14)12-7-1-2-8-12;1-5-2-3-6(8(9)11)4-7(5)10;1-5-2-3-6(8(10)11)4-7(5)9/h4-9,12H,2-3,10-11H2,1H3,(H,20,22);3-6H,1-2,7-8,11H2;2-4H,1H3;2-4H,1H3,(H,10,11). The highest BCUT2D eigenvalue weighted by Crippen LogP contribution is 2.24. The first-order chi connectivity index (χ1) is 29.2. The predicted molar refractivity (Wildman–Crippen MR) is 270 cm³/mol. The van der Waals surface area contributed by atoms with Crippen LogP contribution in [0.2, 0.25) is 0 Å². The maximum absolute atomic E-state index is 12.5. The summed E-state index contributed by atoms with van der Waals surface area (Å²) in [6.07, 6.45) is 3.72. The van der Waals surface area contributed by atoms with Crippen LogP contribution in [0.15, 0.2) is 113 Å². The van der Waals surface area contributed by atoms with Crippen molar-refractivity contribution in [3.8, 4) is 0 Å². The molecule has 0 spiro atoms. The average Bonchev–Trinajstić information content (AvgIpc) is 3.99. The van der Waals surface area contributed by atoms with Gasteiger partial charge < -0.3 is 16.2 Å². The number of anilines is 2. The lowest BCUT2D eigenvalue weighted by Gasteiger charge is -2.15. The van der Waals surface area contributed by atoms with Crippen LogP contribution < -0.4 is 11.1 Å². The second-order valence-corrected chi connectivity index (χ2v) is 21.9. The summed E-state index contributed by atoms with van der Waals surface area (Å²) in [5, 5.41) is 11.0. The molecule has 2 aliphatic heterocycles. The first-order valence-electron chi connectivity index (χ1n) is 19.2. The minimum Gasteiger partial charge on any atom is -0.478 e. The summed E-state index contributed by atoms with van der Waals surface area (Å²) < 4.78 is 55.2. The predicted octanol–water partition coefficient (Wildman–Crippen LogP) is 9.97. The van der Waals surface area contributed by atoms with Crippen molar-refractivity contribution in [3.05, 3.63) is 147 Å². The van der Waals surface area contributed by atoms with Gasteiger partial charge in [-0.25, -0.2) is 21.6 Å². The second kappa shape index (κ2) is 23.7. The Balaban J connectivity index is 0.000000195. The molecule has 2 aliphatic rings. The van der Waals surface area contributed by atoms with Gasteiger partial charge in [-0.05, 0) is 227 Å². The maximum atomic E-state index is 12.5. The molecular weight excluding hydrogens is 1190 g/mol. The molecular formula is C44H46ClI3N4O8S2.